The van der Waals surface area contributed by atoms with Crippen LogP contribution in [0.5, 0.6) is 0 Å². The molecule has 1 aliphatic carbocycles. The van der Waals surface area contributed by atoms with Gasteiger partial charge in [0.05, 0.1) is 5.00 Å². The fraction of sp³-hybridized carbons (Fsp3) is 0.750. The Labute approximate surface area is 185 Å². The smallest absolute Gasteiger partial charge is 0.193 e. The van der Waals surface area contributed by atoms with Crippen LogP contribution in [-0.2, 0) is 4.74 Å². The van der Waals surface area contributed by atoms with Crippen molar-refractivity contribution < 1.29 is 4.74 Å². The van der Waals surface area contributed by atoms with E-state index in [4.69, 9.17) is 4.74 Å². The van der Waals surface area contributed by atoms with Gasteiger partial charge in [-0.2, -0.15) is 0 Å². The van der Waals surface area contributed by atoms with E-state index in [2.05, 4.69) is 44.5 Å². The van der Waals surface area contributed by atoms with Crippen molar-refractivity contribution in [2.45, 2.75) is 39.0 Å². The molecule has 1 aliphatic heterocycles. The van der Waals surface area contributed by atoms with Crippen LogP contribution in [0.15, 0.2) is 22.5 Å². The molecule has 0 unspecified atom stereocenters. The first-order valence-electron chi connectivity index (χ1n) is 10.1. The van der Waals surface area contributed by atoms with Gasteiger partial charge in [-0.15, -0.1) is 35.3 Å². The summed E-state index contributed by atoms with van der Waals surface area (Å²) in [6.45, 7) is 9.01. The molecule has 1 aromatic heterocycles. The SMILES string of the molecule is CCOCCC1(CNC(=NC)N2CCN(c3cccs3)CC2)CCCC1.I. The summed E-state index contributed by atoms with van der Waals surface area (Å²) in [6.07, 6.45) is 6.50. The molecule has 154 valence electrons. The van der Waals surface area contributed by atoms with Gasteiger partial charge in [-0.1, -0.05) is 12.8 Å². The lowest BCUT2D eigenvalue weighted by Gasteiger charge is -2.38. The lowest BCUT2D eigenvalue weighted by molar-refractivity contribution is 0.104. The Morgan fingerprint density at radius 3 is 2.59 bits per heavy atom. The number of rotatable bonds is 7. The van der Waals surface area contributed by atoms with Gasteiger partial charge < -0.3 is 19.9 Å². The summed E-state index contributed by atoms with van der Waals surface area (Å²) in [5, 5.41) is 7.24. The third-order valence-electron chi connectivity index (χ3n) is 5.88. The van der Waals surface area contributed by atoms with Crippen LogP contribution in [0, 0.1) is 5.41 Å². The van der Waals surface area contributed by atoms with Crippen molar-refractivity contribution in [3.63, 3.8) is 0 Å². The molecular formula is C20H35IN4OS. The van der Waals surface area contributed by atoms with Crippen LogP contribution in [0.2, 0.25) is 0 Å². The fourth-order valence-corrected chi connectivity index (χ4v) is 5.05. The normalized spacial score (nSPS) is 19.9. The minimum Gasteiger partial charge on any atom is -0.382 e. The predicted molar refractivity (Wildman–Crippen MR) is 127 cm³/mol. The Balaban J connectivity index is 0.00000261. The summed E-state index contributed by atoms with van der Waals surface area (Å²) < 4.78 is 5.64. The number of aliphatic imine (C=N–C) groups is 1. The van der Waals surface area contributed by atoms with Crippen LogP contribution < -0.4 is 10.2 Å². The van der Waals surface area contributed by atoms with E-state index in [0.29, 0.717) is 5.41 Å². The molecule has 1 saturated carbocycles. The lowest BCUT2D eigenvalue weighted by Crippen LogP contribution is -2.53. The molecule has 0 bridgehead atoms. The molecule has 5 nitrogen and oxygen atoms in total. The van der Waals surface area contributed by atoms with E-state index in [-0.39, 0.29) is 24.0 Å². The zero-order valence-corrected chi connectivity index (χ0v) is 19.9. The molecule has 0 atom stereocenters. The topological polar surface area (TPSA) is 40.1 Å². The molecule has 0 radical (unpaired) electrons. The summed E-state index contributed by atoms with van der Waals surface area (Å²) in [5.41, 5.74) is 0.393. The van der Waals surface area contributed by atoms with Crippen LogP contribution >= 0.6 is 35.3 Å². The Bertz CT molecular complexity index is 552. The maximum Gasteiger partial charge on any atom is 0.193 e. The molecule has 1 aromatic rings. The third kappa shape index (κ3) is 6.22. The van der Waals surface area contributed by atoms with Crippen molar-refractivity contribution in [3.05, 3.63) is 17.5 Å². The lowest BCUT2D eigenvalue weighted by atomic mass is 9.83. The number of hydrogen-bond acceptors (Lipinski definition) is 4. The quantitative estimate of drug-likeness (QED) is 0.262. The standard InChI is InChI=1S/C20H34N4OS.HI/c1-3-25-15-10-20(8-4-5-9-20)17-22-19(21-2)24-13-11-23(12-14-24)18-7-6-16-26-18;/h6-7,16H,3-5,8-15,17H2,1-2H3,(H,21,22);1H. The fourth-order valence-electron chi connectivity index (χ4n) is 4.26. The summed E-state index contributed by atoms with van der Waals surface area (Å²) in [7, 11) is 1.91. The molecule has 1 N–H and O–H groups in total. The van der Waals surface area contributed by atoms with Gasteiger partial charge in [0.25, 0.3) is 0 Å². The van der Waals surface area contributed by atoms with Gasteiger partial charge in [-0.3, -0.25) is 4.99 Å². The summed E-state index contributed by atoms with van der Waals surface area (Å²) in [4.78, 5) is 9.47. The van der Waals surface area contributed by atoms with Crippen molar-refractivity contribution in [2.24, 2.45) is 10.4 Å². The van der Waals surface area contributed by atoms with E-state index < -0.39 is 0 Å². The molecule has 2 aliphatic rings. The number of nitrogens with one attached hydrogen (secondary N) is 1. The highest BCUT2D eigenvalue weighted by Crippen LogP contribution is 2.40. The van der Waals surface area contributed by atoms with Crippen LogP contribution in [-0.4, -0.2) is 63.8 Å². The van der Waals surface area contributed by atoms with Crippen molar-refractivity contribution >= 4 is 46.3 Å². The number of halogens is 1. The highest BCUT2D eigenvalue weighted by Gasteiger charge is 2.34. The molecular weight excluding hydrogens is 471 g/mol. The monoisotopic (exact) mass is 506 g/mol. The van der Waals surface area contributed by atoms with Gasteiger partial charge in [0.2, 0.25) is 0 Å². The molecule has 27 heavy (non-hydrogen) atoms. The van der Waals surface area contributed by atoms with Crippen LogP contribution in [0.1, 0.15) is 39.0 Å². The predicted octanol–water partition coefficient (Wildman–Crippen LogP) is 4.05. The molecule has 0 aromatic carbocycles. The van der Waals surface area contributed by atoms with Gasteiger partial charge in [-0.05, 0) is 49.1 Å². The Kier molecular flexibility index (Phi) is 9.65. The van der Waals surface area contributed by atoms with E-state index in [1.165, 1.54) is 30.7 Å². The molecule has 2 heterocycles. The van der Waals surface area contributed by atoms with Gasteiger partial charge in [0.1, 0.15) is 0 Å². The van der Waals surface area contributed by atoms with E-state index in [1.54, 1.807) is 0 Å². The maximum absolute atomic E-state index is 5.64. The highest BCUT2D eigenvalue weighted by atomic mass is 127. The van der Waals surface area contributed by atoms with Crippen molar-refractivity contribution in [1.82, 2.24) is 10.2 Å². The largest absolute Gasteiger partial charge is 0.382 e. The first-order valence-corrected chi connectivity index (χ1v) is 11.0. The Morgan fingerprint density at radius 2 is 2.00 bits per heavy atom. The number of hydrogen-bond donors (Lipinski definition) is 1. The molecule has 1 saturated heterocycles. The van der Waals surface area contributed by atoms with E-state index in [9.17, 15) is 0 Å². The zero-order valence-electron chi connectivity index (χ0n) is 16.8. The number of ether oxygens (including phenoxy) is 1. The third-order valence-corrected chi connectivity index (χ3v) is 6.80. The average molecular weight is 506 g/mol. The molecule has 3 rings (SSSR count). The number of piperazine rings is 1. The highest BCUT2D eigenvalue weighted by molar-refractivity contribution is 14.0. The maximum atomic E-state index is 5.64. The number of thiophene rings is 1. The molecule has 0 amide bonds. The summed E-state index contributed by atoms with van der Waals surface area (Å²) >= 11 is 1.83. The molecule has 0 spiro atoms. The Morgan fingerprint density at radius 1 is 1.26 bits per heavy atom. The molecule has 7 heteroatoms. The zero-order chi connectivity index (χ0) is 18.2. The average Bonchev–Trinajstić information content (AvgIpc) is 3.36. The molecule has 2 fully saturated rings. The van der Waals surface area contributed by atoms with Crippen LogP contribution in [0.25, 0.3) is 0 Å². The minimum absolute atomic E-state index is 0. The van der Waals surface area contributed by atoms with Crippen molar-refractivity contribution in [3.8, 4) is 0 Å². The summed E-state index contributed by atoms with van der Waals surface area (Å²) in [6, 6.07) is 4.35. The van der Waals surface area contributed by atoms with Crippen LogP contribution in [0.4, 0.5) is 5.00 Å². The second kappa shape index (κ2) is 11.5. The Hall–Kier alpha value is -0.540. The van der Waals surface area contributed by atoms with Crippen molar-refractivity contribution in [1.29, 1.82) is 0 Å². The number of anilines is 1. The first-order chi connectivity index (χ1) is 12.8. The van der Waals surface area contributed by atoms with E-state index in [1.807, 2.05) is 18.4 Å². The summed E-state index contributed by atoms with van der Waals surface area (Å²) in [5.74, 6) is 1.07. The van der Waals surface area contributed by atoms with Gasteiger partial charge in [0.15, 0.2) is 5.96 Å². The first kappa shape index (κ1) is 22.7. The van der Waals surface area contributed by atoms with Gasteiger partial charge in [-0.25, -0.2) is 0 Å². The number of nitrogens with zero attached hydrogens (tertiary/aromatic N) is 3. The van der Waals surface area contributed by atoms with Gasteiger partial charge in [0, 0.05) is 53.0 Å². The van der Waals surface area contributed by atoms with Crippen molar-refractivity contribution in [2.75, 3.05) is 57.9 Å². The van der Waals surface area contributed by atoms with Gasteiger partial charge >= 0.3 is 0 Å². The second-order valence-corrected chi connectivity index (χ2v) is 8.41. The van der Waals surface area contributed by atoms with E-state index >= 15 is 0 Å². The van der Waals surface area contributed by atoms with E-state index in [0.717, 1.165) is 58.3 Å². The number of guanidine groups is 1. The second-order valence-electron chi connectivity index (χ2n) is 7.48. The van der Waals surface area contributed by atoms with Crippen LogP contribution in [0.3, 0.4) is 0 Å². The minimum atomic E-state index is 0.